The quantitative estimate of drug-likeness (QED) is 0.176. The Bertz CT molecular complexity index is 2570. The molecule has 0 bridgehead atoms. The number of fused-ring (bicyclic) bond motifs is 11. The van der Waals surface area contributed by atoms with Crippen LogP contribution in [0.2, 0.25) is 0 Å². The lowest BCUT2D eigenvalue weighted by Crippen LogP contribution is -2.16. The SMILES string of the molecule is CC1(C)c2ccccc2-c2cc(N(c3ccc4c(c3)-c3ccccc3C4(C)C)c3ccc4ccc5c6ccccc6ccc5c4c3)ccc21. The standard InChI is InChI=1S/C48H37N/c1-47(2)43-15-9-7-13-38(43)41-28-33(21-25-45(41)47)49(34-22-26-46-42(29-34)39-14-8-10-16-44(39)48(46,3)4)32-20-17-31-19-23-36-35-12-6-5-11-30(35)18-24-37(36)40(31)27-32/h5-29H,1-4H3. The Balaban J connectivity index is 1.23. The fourth-order valence-corrected chi connectivity index (χ4v) is 9.09. The Morgan fingerprint density at radius 3 is 1.37 bits per heavy atom. The monoisotopic (exact) mass is 627 g/mol. The highest BCUT2D eigenvalue weighted by molar-refractivity contribution is 6.17. The molecule has 0 atom stereocenters. The lowest BCUT2D eigenvalue weighted by molar-refractivity contribution is 0.660. The second-order valence-corrected chi connectivity index (χ2v) is 15.0. The summed E-state index contributed by atoms with van der Waals surface area (Å²) in [6, 6.07) is 57.0. The van der Waals surface area contributed by atoms with Crippen molar-refractivity contribution < 1.29 is 0 Å². The van der Waals surface area contributed by atoms with Crippen molar-refractivity contribution in [2.75, 3.05) is 4.90 Å². The molecule has 1 nitrogen and oxygen atoms in total. The Kier molecular flexibility index (Phi) is 5.75. The van der Waals surface area contributed by atoms with Gasteiger partial charge in [0.15, 0.2) is 0 Å². The first-order chi connectivity index (χ1) is 23.8. The summed E-state index contributed by atoms with van der Waals surface area (Å²) in [5.74, 6) is 0. The Hall–Kier alpha value is -5.66. The van der Waals surface area contributed by atoms with E-state index >= 15 is 0 Å². The van der Waals surface area contributed by atoms with E-state index in [0.717, 1.165) is 5.69 Å². The highest BCUT2D eigenvalue weighted by atomic mass is 15.1. The zero-order valence-corrected chi connectivity index (χ0v) is 28.4. The van der Waals surface area contributed by atoms with Crippen LogP contribution in [-0.4, -0.2) is 0 Å². The fourth-order valence-electron chi connectivity index (χ4n) is 9.09. The summed E-state index contributed by atoms with van der Waals surface area (Å²) in [5.41, 5.74) is 14.3. The second kappa shape index (κ2) is 9.94. The van der Waals surface area contributed by atoms with E-state index in [4.69, 9.17) is 0 Å². The molecular formula is C48H37N. The molecular weight excluding hydrogens is 591 g/mol. The molecule has 0 radical (unpaired) electrons. The van der Waals surface area contributed by atoms with E-state index in [1.54, 1.807) is 0 Å². The smallest absolute Gasteiger partial charge is 0.0468 e. The molecule has 0 fully saturated rings. The predicted molar refractivity (Wildman–Crippen MR) is 209 cm³/mol. The first-order valence-corrected chi connectivity index (χ1v) is 17.4. The molecule has 2 aliphatic carbocycles. The van der Waals surface area contributed by atoms with E-state index in [1.807, 2.05) is 0 Å². The van der Waals surface area contributed by atoms with Crippen LogP contribution >= 0.6 is 0 Å². The normalized spacial score (nSPS) is 14.9. The van der Waals surface area contributed by atoms with Gasteiger partial charge in [0.2, 0.25) is 0 Å². The molecule has 8 aromatic rings. The third kappa shape index (κ3) is 3.93. The van der Waals surface area contributed by atoms with E-state index in [9.17, 15) is 0 Å². The molecule has 234 valence electrons. The third-order valence-corrected chi connectivity index (χ3v) is 11.6. The molecule has 0 spiro atoms. The summed E-state index contributed by atoms with van der Waals surface area (Å²) in [5, 5.41) is 7.67. The van der Waals surface area contributed by atoms with Gasteiger partial charge in [-0.2, -0.15) is 0 Å². The summed E-state index contributed by atoms with van der Waals surface area (Å²) in [7, 11) is 0. The molecule has 0 heterocycles. The highest BCUT2D eigenvalue weighted by Gasteiger charge is 2.37. The lowest BCUT2D eigenvalue weighted by Gasteiger charge is -2.28. The number of anilines is 3. The maximum absolute atomic E-state index is 2.47. The van der Waals surface area contributed by atoms with E-state index in [0.29, 0.717) is 0 Å². The number of hydrogen-bond acceptors (Lipinski definition) is 1. The van der Waals surface area contributed by atoms with Crippen LogP contribution in [0, 0.1) is 0 Å². The molecule has 0 unspecified atom stereocenters. The topological polar surface area (TPSA) is 3.24 Å². The molecule has 0 saturated carbocycles. The highest BCUT2D eigenvalue weighted by Crippen LogP contribution is 2.53. The van der Waals surface area contributed by atoms with E-state index < -0.39 is 0 Å². The fraction of sp³-hybridized carbons (Fsp3) is 0.125. The maximum atomic E-state index is 2.47. The van der Waals surface area contributed by atoms with Gasteiger partial charge in [-0.05, 0) is 113 Å². The van der Waals surface area contributed by atoms with Gasteiger partial charge in [-0.15, -0.1) is 0 Å². The van der Waals surface area contributed by atoms with Crippen LogP contribution in [-0.2, 0) is 10.8 Å². The van der Waals surface area contributed by atoms with Crippen LogP contribution in [0.5, 0.6) is 0 Å². The van der Waals surface area contributed by atoms with E-state index in [1.165, 1.54) is 88.2 Å². The summed E-state index contributed by atoms with van der Waals surface area (Å²) in [6.45, 7) is 9.42. The number of rotatable bonds is 3. The molecule has 0 N–H and O–H groups in total. The van der Waals surface area contributed by atoms with Crippen LogP contribution in [0.1, 0.15) is 49.9 Å². The van der Waals surface area contributed by atoms with Crippen molar-refractivity contribution in [2.24, 2.45) is 0 Å². The minimum atomic E-state index is -0.0389. The van der Waals surface area contributed by atoms with Crippen molar-refractivity contribution in [3.8, 4) is 22.3 Å². The molecule has 10 rings (SSSR count). The molecule has 0 aliphatic heterocycles. The Morgan fingerprint density at radius 2 is 0.755 bits per heavy atom. The average Bonchev–Trinajstić information content (AvgIpc) is 3.50. The van der Waals surface area contributed by atoms with Gasteiger partial charge in [0.1, 0.15) is 0 Å². The van der Waals surface area contributed by atoms with Crippen molar-refractivity contribution >= 4 is 49.4 Å². The Morgan fingerprint density at radius 1 is 0.327 bits per heavy atom. The van der Waals surface area contributed by atoms with Gasteiger partial charge in [0, 0.05) is 27.9 Å². The molecule has 0 aromatic heterocycles. The van der Waals surface area contributed by atoms with Crippen molar-refractivity contribution in [1.29, 1.82) is 0 Å². The largest absolute Gasteiger partial charge is 0.310 e. The van der Waals surface area contributed by atoms with Gasteiger partial charge in [-0.3, -0.25) is 0 Å². The first-order valence-electron chi connectivity index (χ1n) is 17.4. The summed E-state index contributed by atoms with van der Waals surface area (Å²) in [6.07, 6.45) is 0. The second-order valence-electron chi connectivity index (χ2n) is 15.0. The number of hydrogen-bond donors (Lipinski definition) is 0. The molecule has 8 aromatic carbocycles. The first kappa shape index (κ1) is 28.4. The van der Waals surface area contributed by atoms with Crippen LogP contribution in [0.25, 0.3) is 54.6 Å². The molecule has 2 aliphatic rings. The van der Waals surface area contributed by atoms with Crippen LogP contribution in [0.4, 0.5) is 17.1 Å². The van der Waals surface area contributed by atoms with Gasteiger partial charge in [-0.1, -0.05) is 143 Å². The third-order valence-electron chi connectivity index (χ3n) is 11.6. The van der Waals surface area contributed by atoms with Crippen molar-refractivity contribution in [3.05, 3.63) is 174 Å². The summed E-state index contributed by atoms with van der Waals surface area (Å²) >= 11 is 0. The van der Waals surface area contributed by atoms with E-state index in [2.05, 4.69) is 184 Å². The minimum Gasteiger partial charge on any atom is -0.310 e. The van der Waals surface area contributed by atoms with Gasteiger partial charge in [-0.25, -0.2) is 0 Å². The van der Waals surface area contributed by atoms with E-state index in [-0.39, 0.29) is 10.8 Å². The lowest BCUT2D eigenvalue weighted by atomic mass is 9.82. The molecule has 0 amide bonds. The molecule has 1 heteroatoms. The summed E-state index contributed by atoms with van der Waals surface area (Å²) in [4.78, 5) is 2.47. The zero-order chi connectivity index (χ0) is 33.1. The number of benzene rings is 8. The average molecular weight is 628 g/mol. The minimum absolute atomic E-state index is 0.0389. The van der Waals surface area contributed by atoms with Gasteiger partial charge in [0.25, 0.3) is 0 Å². The summed E-state index contributed by atoms with van der Waals surface area (Å²) < 4.78 is 0. The molecule has 49 heavy (non-hydrogen) atoms. The van der Waals surface area contributed by atoms with Crippen LogP contribution < -0.4 is 4.90 Å². The van der Waals surface area contributed by atoms with Gasteiger partial charge >= 0.3 is 0 Å². The van der Waals surface area contributed by atoms with Crippen molar-refractivity contribution in [2.45, 2.75) is 38.5 Å². The van der Waals surface area contributed by atoms with Crippen molar-refractivity contribution in [1.82, 2.24) is 0 Å². The van der Waals surface area contributed by atoms with Gasteiger partial charge < -0.3 is 4.90 Å². The maximum Gasteiger partial charge on any atom is 0.0468 e. The van der Waals surface area contributed by atoms with Crippen molar-refractivity contribution in [3.63, 3.8) is 0 Å². The molecule has 0 saturated heterocycles. The number of nitrogens with zero attached hydrogens (tertiary/aromatic N) is 1. The van der Waals surface area contributed by atoms with Crippen LogP contribution in [0.15, 0.2) is 152 Å². The predicted octanol–water partition coefficient (Wildman–Crippen LogP) is 13.2. The van der Waals surface area contributed by atoms with Crippen LogP contribution in [0.3, 0.4) is 0 Å². The Labute approximate surface area is 288 Å². The zero-order valence-electron chi connectivity index (χ0n) is 28.4. The van der Waals surface area contributed by atoms with Gasteiger partial charge in [0.05, 0.1) is 0 Å².